The van der Waals surface area contributed by atoms with Crippen molar-refractivity contribution in [3.8, 4) is 0 Å². The number of carbonyl (C=O) groups excluding carboxylic acids is 2. The molecule has 5 N–H and O–H groups in total. The second-order valence-corrected chi connectivity index (χ2v) is 12.4. The number of aliphatic hydroxyl groups excluding tert-OH is 2. The molecule has 39 heavy (non-hydrogen) atoms. The van der Waals surface area contributed by atoms with Crippen LogP contribution in [0.1, 0.15) is 63.5 Å². The van der Waals surface area contributed by atoms with Crippen molar-refractivity contribution in [3.63, 3.8) is 0 Å². The zero-order chi connectivity index (χ0) is 29.2. The first kappa shape index (κ1) is 33.0. The fourth-order valence-corrected chi connectivity index (χ4v) is 4.99. The number of amides is 2. The molecular weight excluding hydrogens is 544 g/mol. The van der Waals surface area contributed by atoms with Crippen molar-refractivity contribution in [1.29, 1.82) is 0 Å². The lowest BCUT2D eigenvalue weighted by Gasteiger charge is -2.22. The fourth-order valence-electron chi connectivity index (χ4n) is 4.63. The zero-order valence-corrected chi connectivity index (χ0v) is 24.4. The van der Waals surface area contributed by atoms with Gasteiger partial charge < -0.3 is 26.2 Å². The van der Waals surface area contributed by atoms with Crippen LogP contribution in [0.25, 0.3) is 0 Å². The lowest BCUT2D eigenvalue weighted by molar-refractivity contribution is -0.109. The third kappa shape index (κ3) is 11.0. The second-order valence-electron chi connectivity index (χ2n) is 11.5. The summed E-state index contributed by atoms with van der Waals surface area (Å²) in [7, 11) is 0. The largest absolute Gasteiger partial charge is 0.390 e. The van der Waals surface area contributed by atoms with Crippen molar-refractivity contribution < 1.29 is 24.2 Å². The zero-order valence-electron chi connectivity index (χ0n) is 22.9. The Morgan fingerprint density at radius 3 is 2.18 bits per heavy atom. The van der Waals surface area contributed by atoms with Gasteiger partial charge in [-0.2, -0.15) is 0 Å². The highest BCUT2D eigenvalue weighted by Crippen LogP contribution is 2.41. The van der Waals surface area contributed by atoms with E-state index in [4.69, 9.17) is 33.4 Å². The Kier molecular flexibility index (Phi) is 13.1. The minimum atomic E-state index is -0.603. The van der Waals surface area contributed by atoms with Crippen LogP contribution in [0.2, 0.25) is 10.0 Å². The minimum absolute atomic E-state index is 0.0108. The number of hydrogen-bond acceptors (Lipinski definition) is 5. The van der Waals surface area contributed by atoms with Gasteiger partial charge in [0.05, 0.1) is 17.2 Å². The molecule has 1 aliphatic carbocycles. The van der Waals surface area contributed by atoms with Gasteiger partial charge in [-0.3, -0.25) is 9.59 Å². The quantitative estimate of drug-likeness (QED) is 0.292. The van der Waals surface area contributed by atoms with Crippen LogP contribution >= 0.6 is 23.2 Å². The maximum atomic E-state index is 14.0. The van der Waals surface area contributed by atoms with E-state index in [9.17, 15) is 14.0 Å². The van der Waals surface area contributed by atoms with E-state index in [1.54, 1.807) is 0 Å². The molecule has 0 aromatic heterocycles. The molecule has 4 unspecified atom stereocenters. The normalized spacial score (nSPS) is 24.1. The molecule has 1 saturated heterocycles. The number of benzene rings is 2. The second kappa shape index (κ2) is 15.5. The lowest BCUT2D eigenvalue weighted by atomic mass is 9.83. The van der Waals surface area contributed by atoms with Crippen molar-refractivity contribution in [2.75, 3.05) is 25.0 Å². The molecule has 1 heterocycles. The number of anilines is 1. The summed E-state index contributed by atoms with van der Waals surface area (Å²) >= 11 is 11.9. The predicted octanol–water partition coefficient (Wildman–Crippen LogP) is 5.09. The van der Waals surface area contributed by atoms with Crippen molar-refractivity contribution in [2.24, 2.45) is 11.3 Å². The van der Waals surface area contributed by atoms with Gasteiger partial charge in [0.25, 0.3) is 0 Å². The first-order valence-corrected chi connectivity index (χ1v) is 13.8. The standard InChI is InChI=1S/C17H15Cl2FN2O.C7H13NO3.C5H12/c18-11-3-1-2-10(4-11)13-7-21-8-14(13)12-5-16(20)15(19)6-17(12)22-9-23;9-4-8-3-5-1-6(10)7(11)2-5;1-5(2,3)4/h1-6,9,13-14,21H,7-8H2,(H,22,23);4-7,10-11H,1-3H2,(H,8,9);1-4H3. The van der Waals surface area contributed by atoms with E-state index in [-0.39, 0.29) is 22.8 Å². The molecule has 2 fully saturated rings. The molecule has 10 heteroatoms. The number of hydrogen-bond donors (Lipinski definition) is 5. The number of rotatable bonds is 7. The molecule has 0 bridgehead atoms. The molecule has 1 aliphatic heterocycles. The van der Waals surface area contributed by atoms with Crippen molar-refractivity contribution >= 4 is 41.7 Å². The van der Waals surface area contributed by atoms with Crippen molar-refractivity contribution in [2.45, 2.75) is 64.6 Å². The van der Waals surface area contributed by atoms with Crippen LogP contribution in [0, 0.1) is 17.2 Å². The first-order chi connectivity index (χ1) is 18.3. The summed E-state index contributed by atoms with van der Waals surface area (Å²) in [5.74, 6) is -0.107. The van der Waals surface area contributed by atoms with E-state index in [1.165, 1.54) is 12.1 Å². The molecule has 4 rings (SSSR count). The summed E-state index contributed by atoms with van der Waals surface area (Å²) in [5, 5.41) is 27.3. The molecule has 0 radical (unpaired) electrons. The molecule has 216 valence electrons. The summed E-state index contributed by atoms with van der Waals surface area (Å²) in [5.41, 5.74) is 2.85. The molecule has 2 aliphatic rings. The van der Waals surface area contributed by atoms with Gasteiger partial charge in [-0.25, -0.2) is 4.39 Å². The first-order valence-electron chi connectivity index (χ1n) is 13.0. The molecule has 7 nitrogen and oxygen atoms in total. The molecule has 2 aromatic rings. The lowest BCUT2D eigenvalue weighted by Crippen LogP contribution is -2.19. The van der Waals surface area contributed by atoms with Crippen LogP contribution in [0.3, 0.4) is 0 Å². The van der Waals surface area contributed by atoms with E-state index in [1.807, 2.05) is 24.3 Å². The Labute approximate surface area is 240 Å². The third-order valence-electron chi connectivity index (χ3n) is 6.28. The Hall–Kier alpha value is -2.23. The maximum Gasteiger partial charge on any atom is 0.211 e. The fraction of sp³-hybridized carbons (Fsp3) is 0.517. The SMILES string of the molecule is CC(C)(C)C.O=CNCC1CC(O)C(O)C1.O=CNc1cc(Cl)c(F)cc1C1CNCC1c1cccc(Cl)c1. The van der Waals surface area contributed by atoms with Crippen LogP contribution < -0.4 is 16.0 Å². The van der Waals surface area contributed by atoms with E-state index < -0.39 is 18.0 Å². The average Bonchev–Trinajstić information content (AvgIpc) is 3.46. The Morgan fingerprint density at radius 2 is 1.62 bits per heavy atom. The van der Waals surface area contributed by atoms with Crippen LogP contribution in [0.5, 0.6) is 0 Å². The van der Waals surface area contributed by atoms with E-state index in [0.717, 1.165) is 17.7 Å². The summed E-state index contributed by atoms with van der Waals surface area (Å²) in [6.45, 7) is 10.7. The summed E-state index contributed by atoms with van der Waals surface area (Å²) < 4.78 is 14.0. The topological polar surface area (TPSA) is 111 Å². The van der Waals surface area contributed by atoms with E-state index in [2.05, 4.69) is 43.6 Å². The molecule has 2 amide bonds. The number of halogens is 3. The van der Waals surface area contributed by atoms with E-state index >= 15 is 0 Å². The van der Waals surface area contributed by atoms with Crippen LogP contribution in [-0.2, 0) is 9.59 Å². The van der Waals surface area contributed by atoms with Crippen LogP contribution in [0.15, 0.2) is 36.4 Å². The van der Waals surface area contributed by atoms with Gasteiger partial charge >= 0.3 is 0 Å². The van der Waals surface area contributed by atoms with Crippen molar-refractivity contribution in [3.05, 3.63) is 63.4 Å². The monoisotopic (exact) mass is 583 g/mol. The van der Waals surface area contributed by atoms with Gasteiger partial charge in [-0.1, -0.05) is 63.0 Å². The molecule has 1 saturated carbocycles. The number of nitrogens with one attached hydrogen (secondary N) is 3. The van der Waals surface area contributed by atoms with Crippen LogP contribution in [0.4, 0.5) is 10.1 Å². The summed E-state index contributed by atoms with van der Waals surface area (Å²) in [6.07, 6.45) is 1.17. The highest BCUT2D eigenvalue weighted by atomic mass is 35.5. The van der Waals surface area contributed by atoms with E-state index in [0.29, 0.717) is 54.9 Å². The molecule has 4 atom stereocenters. The predicted molar refractivity (Wildman–Crippen MR) is 155 cm³/mol. The average molecular weight is 585 g/mol. The van der Waals surface area contributed by atoms with Gasteiger partial charge in [-0.05, 0) is 59.6 Å². The maximum absolute atomic E-state index is 14.0. The number of aliphatic hydroxyl groups is 2. The Bertz CT molecular complexity index is 1070. The summed E-state index contributed by atoms with van der Waals surface area (Å²) in [4.78, 5) is 20.7. The van der Waals surface area contributed by atoms with Crippen LogP contribution in [-0.4, -0.2) is 54.9 Å². The summed E-state index contributed by atoms with van der Waals surface area (Å²) in [6, 6.07) is 10.5. The molecule has 2 aromatic carbocycles. The smallest absolute Gasteiger partial charge is 0.211 e. The van der Waals surface area contributed by atoms with Gasteiger partial charge in [0.1, 0.15) is 5.82 Å². The number of carbonyl (C=O) groups is 2. The third-order valence-corrected chi connectivity index (χ3v) is 6.81. The minimum Gasteiger partial charge on any atom is -0.390 e. The highest BCUT2D eigenvalue weighted by Gasteiger charge is 2.32. The molecule has 0 spiro atoms. The van der Waals surface area contributed by atoms with Crippen molar-refractivity contribution in [1.82, 2.24) is 10.6 Å². The highest BCUT2D eigenvalue weighted by molar-refractivity contribution is 6.31. The van der Waals surface area contributed by atoms with Gasteiger partial charge in [-0.15, -0.1) is 0 Å². The molecular formula is C29H40Cl2FN3O4. The Morgan fingerprint density at radius 1 is 1.00 bits per heavy atom. The van der Waals surface area contributed by atoms with Gasteiger partial charge in [0.2, 0.25) is 12.8 Å². The van der Waals surface area contributed by atoms with Gasteiger partial charge in [0, 0.05) is 42.2 Å². The Balaban J connectivity index is 0.000000276. The van der Waals surface area contributed by atoms with Gasteiger partial charge in [0.15, 0.2) is 0 Å².